The van der Waals surface area contributed by atoms with Crippen LogP contribution in [0.5, 0.6) is 5.75 Å². The highest BCUT2D eigenvalue weighted by atomic mass is 32.1. The Kier molecular flexibility index (Phi) is 5.51. The summed E-state index contributed by atoms with van der Waals surface area (Å²) in [5.74, 6) is 0.583. The number of nitrogens with one attached hydrogen (secondary N) is 1. The Morgan fingerprint density at radius 2 is 1.97 bits per heavy atom. The van der Waals surface area contributed by atoms with Gasteiger partial charge >= 0.3 is 0 Å². The number of hydrogen-bond acceptors (Lipinski definition) is 6. The van der Waals surface area contributed by atoms with Crippen molar-refractivity contribution in [2.75, 3.05) is 13.2 Å². The second kappa shape index (κ2) is 8.76. The van der Waals surface area contributed by atoms with Crippen LogP contribution in [-0.4, -0.2) is 38.9 Å². The number of ether oxygens (including phenoxy) is 1. The van der Waals surface area contributed by atoms with Gasteiger partial charge in [0.25, 0.3) is 11.5 Å². The third-order valence-electron chi connectivity index (χ3n) is 5.37. The number of aromatic nitrogens is 3. The minimum Gasteiger partial charge on any atom is -0.484 e. The van der Waals surface area contributed by atoms with Crippen LogP contribution in [0.3, 0.4) is 0 Å². The summed E-state index contributed by atoms with van der Waals surface area (Å²) in [7, 11) is 0. The van der Waals surface area contributed by atoms with Crippen molar-refractivity contribution in [3.63, 3.8) is 0 Å². The summed E-state index contributed by atoms with van der Waals surface area (Å²) in [6.07, 6.45) is 4.03. The molecule has 0 saturated carbocycles. The number of para-hydroxylation sites is 1. The summed E-state index contributed by atoms with van der Waals surface area (Å²) in [4.78, 5) is 38.8. The monoisotopic (exact) mass is 444 g/mol. The molecule has 1 aromatic carbocycles. The molecule has 0 atom stereocenters. The molecule has 0 saturated heterocycles. The molecule has 0 spiro atoms. The first-order valence-electron chi connectivity index (χ1n) is 10.2. The van der Waals surface area contributed by atoms with Crippen LogP contribution in [0.25, 0.3) is 21.8 Å². The maximum absolute atomic E-state index is 12.7. The number of amides is 1. The molecule has 160 valence electrons. The van der Waals surface area contributed by atoms with Crippen LogP contribution in [0.4, 0.5) is 0 Å². The molecule has 7 nitrogen and oxygen atoms in total. The molecule has 1 N–H and O–H groups in total. The first-order chi connectivity index (χ1) is 15.7. The summed E-state index contributed by atoms with van der Waals surface area (Å²) in [6, 6.07) is 14.9. The van der Waals surface area contributed by atoms with Gasteiger partial charge in [0, 0.05) is 48.5 Å². The van der Waals surface area contributed by atoms with Crippen LogP contribution in [0.2, 0.25) is 0 Å². The van der Waals surface area contributed by atoms with Gasteiger partial charge in [-0.3, -0.25) is 14.6 Å². The van der Waals surface area contributed by atoms with Crippen molar-refractivity contribution in [3.8, 4) is 27.6 Å². The number of hydrogen-bond donors (Lipinski definition) is 1. The highest BCUT2D eigenvalue weighted by Crippen LogP contribution is 2.28. The van der Waals surface area contributed by atoms with Gasteiger partial charge in [-0.25, -0.2) is 4.98 Å². The molecule has 0 radical (unpaired) electrons. The molecule has 0 fully saturated rings. The Morgan fingerprint density at radius 3 is 2.78 bits per heavy atom. The van der Waals surface area contributed by atoms with Crippen molar-refractivity contribution < 1.29 is 9.53 Å². The number of benzene rings is 1. The van der Waals surface area contributed by atoms with E-state index in [0.29, 0.717) is 36.5 Å². The number of thiazole rings is 1. The van der Waals surface area contributed by atoms with Gasteiger partial charge in [0.05, 0.1) is 11.3 Å². The third kappa shape index (κ3) is 4.17. The zero-order valence-corrected chi connectivity index (χ0v) is 18.0. The summed E-state index contributed by atoms with van der Waals surface area (Å²) in [6.45, 7) is 0.955. The predicted molar refractivity (Wildman–Crippen MR) is 122 cm³/mol. The summed E-state index contributed by atoms with van der Waals surface area (Å²) in [5, 5.41) is 2.71. The lowest BCUT2D eigenvalue weighted by Crippen LogP contribution is -2.39. The fraction of sp³-hybridized carbons (Fsp3) is 0.167. The van der Waals surface area contributed by atoms with Crippen molar-refractivity contribution in [2.24, 2.45) is 0 Å². The number of nitrogens with zero attached hydrogens (tertiary/aromatic N) is 3. The lowest BCUT2D eigenvalue weighted by molar-refractivity contribution is -0.134. The Balaban J connectivity index is 1.34. The van der Waals surface area contributed by atoms with E-state index < -0.39 is 0 Å². The normalized spacial score (nSPS) is 12.9. The molecule has 8 heteroatoms. The van der Waals surface area contributed by atoms with Crippen molar-refractivity contribution in [1.82, 2.24) is 19.9 Å². The van der Waals surface area contributed by atoms with Crippen LogP contribution in [-0.2, 0) is 17.8 Å². The average Bonchev–Trinajstić information content (AvgIpc) is 3.33. The van der Waals surface area contributed by atoms with E-state index in [1.165, 1.54) is 11.3 Å². The fourth-order valence-corrected chi connectivity index (χ4v) is 4.51. The minimum absolute atomic E-state index is 0.0169. The summed E-state index contributed by atoms with van der Waals surface area (Å²) < 4.78 is 5.60. The molecule has 3 aromatic heterocycles. The SMILES string of the molecule is O=C(COc1ccccc1)N1CCc2[nH]c(=O)c(-c3csc(-c4ccncc4)n3)cc2C1. The van der Waals surface area contributed by atoms with Gasteiger partial charge in [0.1, 0.15) is 10.8 Å². The average molecular weight is 445 g/mol. The van der Waals surface area contributed by atoms with Gasteiger partial charge in [-0.05, 0) is 35.9 Å². The molecule has 5 rings (SSSR count). The second-order valence-corrected chi connectivity index (χ2v) is 8.31. The molecular weight excluding hydrogens is 424 g/mol. The van der Waals surface area contributed by atoms with E-state index in [1.54, 1.807) is 17.3 Å². The number of aromatic amines is 1. The van der Waals surface area contributed by atoms with Gasteiger partial charge in [0.2, 0.25) is 0 Å². The fourth-order valence-electron chi connectivity index (χ4n) is 3.69. The zero-order chi connectivity index (χ0) is 21.9. The summed E-state index contributed by atoms with van der Waals surface area (Å²) in [5.41, 5.74) is 3.73. The van der Waals surface area contributed by atoms with E-state index in [0.717, 1.165) is 21.8 Å². The molecule has 0 aliphatic carbocycles. The van der Waals surface area contributed by atoms with Crippen molar-refractivity contribution in [2.45, 2.75) is 13.0 Å². The van der Waals surface area contributed by atoms with Gasteiger partial charge in [-0.2, -0.15) is 0 Å². The quantitative estimate of drug-likeness (QED) is 0.509. The zero-order valence-electron chi connectivity index (χ0n) is 17.2. The number of H-pyrrole nitrogens is 1. The number of fused-ring (bicyclic) bond motifs is 1. The lowest BCUT2D eigenvalue weighted by Gasteiger charge is -2.28. The van der Waals surface area contributed by atoms with Gasteiger partial charge in [0.15, 0.2) is 6.61 Å². The molecule has 1 aliphatic rings. The molecule has 1 aliphatic heterocycles. The summed E-state index contributed by atoms with van der Waals surface area (Å²) >= 11 is 1.48. The number of carbonyl (C=O) groups is 1. The molecular formula is C24H20N4O3S. The topological polar surface area (TPSA) is 88.2 Å². The van der Waals surface area contributed by atoms with Crippen LogP contribution < -0.4 is 10.3 Å². The van der Waals surface area contributed by atoms with Gasteiger partial charge in [-0.15, -0.1) is 11.3 Å². The molecule has 1 amide bonds. The highest BCUT2D eigenvalue weighted by Gasteiger charge is 2.23. The molecule has 0 unspecified atom stereocenters. The molecule has 4 heterocycles. The maximum Gasteiger partial charge on any atom is 0.260 e. The molecule has 0 bridgehead atoms. The number of rotatable bonds is 5. The largest absolute Gasteiger partial charge is 0.484 e. The third-order valence-corrected chi connectivity index (χ3v) is 6.27. The van der Waals surface area contributed by atoms with Crippen LogP contribution >= 0.6 is 11.3 Å². The van der Waals surface area contributed by atoms with E-state index in [9.17, 15) is 9.59 Å². The Morgan fingerprint density at radius 1 is 1.16 bits per heavy atom. The minimum atomic E-state index is -0.164. The van der Waals surface area contributed by atoms with E-state index in [-0.39, 0.29) is 18.1 Å². The highest BCUT2D eigenvalue weighted by molar-refractivity contribution is 7.13. The lowest BCUT2D eigenvalue weighted by atomic mass is 10.0. The second-order valence-electron chi connectivity index (χ2n) is 7.46. The molecule has 4 aromatic rings. The Hall–Kier alpha value is -3.78. The van der Waals surface area contributed by atoms with Crippen molar-refractivity contribution >= 4 is 17.2 Å². The Bertz CT molecular complexity index is 1300. The first-order valence-corrected chi connectivity index (χ1v) is 11.1. The van der Waals surface area contributed by atoms with E-state index in [1.807, 2.05) is 53.9 Å². The van der Waals surface area contributed by atoms with Crippen molar-refractivity contribution in [1.29, 1.82) is 0 Å². The molecule has 32 heavy (non-hydrogen) atoms. The van der Waals surface area contributed by atoms with E-state index >= 15 is 0 Å². The van der Waals surface area contributed by atoms with Gasteiger partial charge < -0.3 is 14.6 Å². The van der Waals surface area contributed by atoms with Crippen molar-refractivity contribution in [3.05, 3.63) is 87.9 Å². The maximum atomic E-state index is 12.7. The van der Waals surface area contributed by atoms with Gasteiger partial charge in [-0.1, -0.05) is 18.2 Å². The number of pyridine rings is 2. The smallest absolute Gasteiger partial charge is 0.260 e. The standard InChI is InChI=1S/C24H20N4O3S/c29-22(14-31-18-4-2-1-3-5-18)28-11-8-20-17(13-28)12-19(23(30)26-20)21-15-32-24(27-21)16-6-9-25-10-7-16/h1-7,9-10,12,15H,8,11,13-14H2,(H,26,30). The Labute approximate surface area is 188 Å². The number of carbonyl (C=O) groups excluding carboxylic acids is 1. The first kappa shape index (κ1) is 20.1. The van der Waals surface area contributed by atoms with Crippen LogP contribution in [0, 0.1) is 0 Å². The van der Waals surface area contributed by atoms with Crippen LogP contribution in [0.15, 0.2) is 71.1 Å². The van der Waals surface area contributed by atoms with E-state index in [2.05, 4.69) is 15.0 Å². The van der Waals surface area contributed by atoms with Crippen LogP contribution in [0.1, 0.15) is 11.3 Å². The predicted octanol–water partition coefficient (Wildman–Crippen LogP) is 3.52. The van der Waals surface area contributed by atoms with E-state index in [4.69, 9.17) is 4.74 Å².